The first-order valence-electron chi connectivity index (χ1n) is 1.41. The summed E-state index contributed by atoms with van der Waals surface area (Å²) in [6.45, 7) is 3.44. The number of hydrogen-bond acceptors (Lipinski definition) is 1. The fourth-order valence-electron chi connectivity index (χ4n) is 0. The van der Waals surface area contributed by atoms with E-state index in [9.17, 15) is 0 Å². The summed E-state index contributed by atoms with van der Waals surface area (Å²) in [5, 5.41) is 8.06. The molecule has 0 unspecified atom stereocenters. The molecule has 2 nitrogen and oxygen atoms in total. The first-order valence-corrected chi connectivity index (χ1v) is 1.41. The van der Waals surface area contributed by atoms with E-state index in [2.05, 4.69) is 0 Å². The molecule has 0 rings (SSSR count). The predicted octanol–water partition coefficient (Wildman–Crippen LogP) is -0.593. The minimum atomic E-state index is -0.167. The molecule has 0 saturated carbocycles. The molecule has 0 saturated heterocycles. The van der Waals surface area contributed by atoms with E-state index < -0.39 is 0 Å². The Bertz CT molecular complexity index is 20.0. The Morgan fingerprint density at radius 2 is 1.50 bits per heavy atom. The van der Waals surface area contributed by atoms with Crippen LogP contribution in [0.3, 0.4) is 0 Å². The van der Waals surface area contributed by atoms with Crippen LogP contribution in [-0.2, 0) is 0 Å². The molecule has 3 N–H and O–H groups in total. The van der Waals surface area contributed by atoms with Gasteiger partial charge in [0.25, 0.3) is 0 Å². The van der Waals surface area contributed by atoms with Crippen LogP contribution in [0.25, 0.3) is 0 Å². The summed E-state index contributed by atoms with van der Waals surface area (Å²) in [6.07, 6.45) is -0.167. The van der Waals surface area contributed by atoms with E-state index in [1.54, 1.807) is 13.8 Å². The summed E-state index contributed by atoms with van der Waals surface area (Å²) >= 11 is 0. The van der Waals surface area contributed by atoms with Gasteiger partial charge in [-0.15, -0.1) is 0 Å². The summed E-state index contributed by atoms with van der Waals surface area (Å²) in [6, 6.07) is 0. The van der Waals surface area contributed by atoms with Crippen molar-refractivity contribution in [3.05, 3.63) is 0 Å². The Morgan fingerprint density at radius 3 is 1.50 bits per heavy atom. The van der Waals surface area contributed by atoms with Gasteiger partial charge in [0.05, 0.1) is 0 Å². The minimum Gasteiger partial charge on any atom is -1.00 e. The van der Waals surface area contributed by atoms with Crippen molar-refractivity contribution in [3.63, 3.8) is 0 Å². The Balaban J connectivity index is -0.00000000750. The summed E-state index contributed by atoms with van der Waals surface area (Å²) in [7, 11) is 0. The number of rotatable bonds is 0. The molecular weight excluding hydrogens is 108 g/mol. The number of hydrogen-bond donors (Lipinski definition) is 1. The van der Waals surface area contributed by atoms with Crippen molar-refractivity contribution in [2.24, 2.45) is 0 Å². The van der Waals surface area contributed by atoms with Crippen LogP contribution in [0.4, 0.5) is 0 Å². The quantitative estimate of drug-likeness (QED) is 0.427. The van der Waals surface area contributed by atoms with Crippen molar-refractivity contribution >= 4 is 37.7 Å². The maximum absolute atomic E-state index is 8.06. The van der Waals surface area contributed by atoms with Gasteiger partial charge in [0.2, 0.25) is 0 Å². The standard InChI is InChI=1S/C3H8O.Ca.H2O.2H/c1-3(2)4;;;;/h3-4H,1-2H3;;1H2;;/q;+2;;2*-1. The molecule has 6 heavy (non-hydrogen) atoms. The van der Waals surface area contributed by atoms with Crippen molar-refractivity contribution in [2.45, 2.75) is 20.0 Å². The second-order valence-electron chi connectivity index (χ2n) is 1.09. The Morgan fingerprint density at radius 1 is 1.50 bits per heavy atom. The van der Waals surface area contributed by atoms with Gasteiger partial charge in [-0.25, -0.2) is 0 Å². The van der Waals surface area contributed by atoms with Gasteiger partial charge in [-0.3, -0.25) is 0 Å². The predicted molar refractivity (Wildman–Crippen MR) is 28.9 cm³/mol. The smallest absolute Gasteiger partial charge is 1.00 e. The van der Waals surface area contributed by atoms with E-state index in [-0.39, 0.29) is 52.2 Å². The molecule has 3 heteroatoms. The van der Waals surface area contributed by atoms with Crippen LogP contribution < -0.4 is 0 Å². The van der Waals surface area contributed by atoms with Gasteiger partial charge in [0, 0.05) is 6.10 Å². The summed E-state index contributed by atoms with van der Waals surface area (Å²) in [4.78, 5) is 0. The van der Waals surface area contributed by atoms with Crippen molar-refractivity contribution < 1.29 is 13.4 Å². The van der Waals surface area contributed by atoms with Crippen LogP contribution in [0.15, 0.2) is 0 Å². The molecule has 0 aliphatic carbocycles. The molecular formula is C3H12CaO2. The monoisotopic (exact) mass is 120 g/mol. The topological polar surface area (TPSA) is 51.7 Å². The van der Waals surface area contributed by atoms with Gasteiger partial charge in [-0.05, 0) is 13.8 Å². The zero-order chi connectivity index (χ0) is 3.58. The largest absolute Gasteiger partial charge is 2.00 e. The minimum absolute atomic E-state index is 0. The third-order valence-corrected chi connectivity index (χ3v) is 0. The average molecular weight is 120 g/mol. The SMILES string of the molecule is CC(C)O.O.[Ca+2].[H-].[H-]. The first kappa shape index (κ1) is 15.7. The van der Waals surface area contributed by atoms with Gasteiger partial charge in [-0.2, -0.15) is 0 Å². The van der Waals surface area contributed by atoms with E-state index in [0.717, 1.165) is 0 Å². The van der Waals surface area contributed by atoms with Crippen molar-refractivity contribution in [3.8, 4) is 0 Å². The van der Waals surface area contributed by atoms with Crippen LogP contribution in [0.1, 0.15) is 16.7 Å². The van der Waals surface area contributed by atoms with Crippen molar-refractivity contribution in [1.82, 2.24) is 0 Å². The van der Waals surface area contributed by atoms with E-state index in [4.69, 9.17) is 5.11 Å². The zero-order valence-electron chi connectivity index (χ0n) is 6.23. The van der Waals surface area contributed by atoms with E-state index in [0.29, 0.717) is 0 Å². The van der Waals surface area contributed by atoms with Crippen molar-refractivity contribution in [1.29, 1.82) is 0 Å². The second-order valence-corrected chi connectivity index (χ2v) is 1.09. The average Bonchev–Trinajstić information content (AvgIpc) is 0.811. The maximum Gasteiger partial charge on any atom is 2.00 e. The third kappa shape index (κ3) is 65.0. The molecule has 0 aromatic carbocycles. The van der Waals surface area contributed by atoms with Gasteiger partial charge < -0.3 is 13.4 Å². The Labute approximate surface area is 70.8 Å². The molecule has 0 bridgehead atoms. The van der Waals surface area contributed by atoms with Gasteiger partial charge >= 0.3 is 37.7 Å². The summed E-state index contributed by atoms with van der Waals surface area (Å²) < 4.78 is 0. The molecule has 0 heterocycles. The molecule has 0 fully saturated rings. The maximum atomic E-state index is 8.06. The normalized spacial score (nSPS) is 6.00. The van der Waals surface area contributed by atoms with E-state index in [1.807, 2.05) is 0 Å². The number of aliphatic hydroxyl groups excluding tert-OH is 1. The third-order valence-electron chi connectivity index (χ3n) is 0. The van der Waals surface area contributed by atoms with Crippen LogP contribution in [0, 0.1) is 0 Å². The second kappa shape index (κ2) is 9.49. The van der Waals surface area contributed by atoms with Crippen LogP contribution in [0.5, 0.6) is 0 Å². The fourth-order valence-corrected chi connectivity index (χ4v) is 0. The first-order chi connectivity index (χ1) is 1.73. The van der Waals surface area contributed by atoms with E-state index in [1.165, 1.54) is 0 Å². The van der Waals surface area contributed by atoms with E-state index >= 15 is 0 Å². The Hall–Kier alpha value is 1.18. The van der Waals surface area contributed by atoms with Gasteiger partial charge in [-0.1, -0.05) is 0 Å². The van der Waals surface area contributed by atoms with Crippen LogP contribution >= 0.6 is 0 Å². The van der Waals surface area contributed by atoms with Gasteiger partial charge in [0.15, 0.2) is 0 Å². The number of aliphatic hydroxyl groups is 1. The molecule has 0 radical (unpaired) electrons. The molecule has 0 amide bonds. The Kier molecular flexibility index (Phi) is 24.8. The molecule has 0 aromatic heterocycles. The zero-order valence-corrected chi connectivity index (χ0v) is 6.44. The molecule has 0 spiro atoms. The molecule has 0 aliphatic heterocycles. The summed E-state index contributed by atoms with van der Waals surface area (Å²) in [5.41, 5.74) is 0. The summed E-state index contributed by atoms with van der Waals surface area (Å²) in [5.74, 6) is 0. The van der Waals surface area contributed by atoms with Crippen LogP contribution in [0.2, 0.25) is 0 Å². The molecule has 0 aromatic rings. The molecule has 0 atom stereocenters. The van der Waals surface area contributed by atoms with Crippen molar-refractivity contribution in [2.75, 3.05) is 0 Å². The van der Waals surface area contributed by atoms with Gasteiger partial charge in [0.1, 0.15) is 0 Å². The van der Waals surface area contributed by atoms with Crippen LogP contribution in [-0.4, -0.2) is 54.4 Å². The fraction of sp³-hybridized carbons (Fsp3) is 1.00. The molecule has 38 valence electrons. The molecule has 0 aliphatic rings.